The number of Topliss-reactive ketones (excluding diaryl/α,β-unsaturated/α-hetero) is 1. The van der Waals surface area contributed by atoms with Crippen molar-refractivity contribution in [1.29, 1.82) is 0 Å². The van der Waals surface area contributed by atoms with Crippen LogP contribution in [0.5, 0.6) is 0 Å². The smallest absolute Gasteiger partial charge is 0.180 e. The van der Waals surface area contributed by atoms with Crippen LogP contribution in [-0.2, 0) is 7.05 Å². The molecule has 17 heavy (non-hydrogen) atoms. The summed E-state index contributed by atoms with van der Waals surface area (Å²) in [7, 11) is 1.86. The van der Waals surface area contributed by atoms with Crippen molar-refractivity contribution in [2.45, 2.75) is 26.4 Å². The second-order valence-corrected chi connectivity index (χ2v) is 4.69. The molecular formula is C13H22N2O2. The maximum absolute atomic E-state index is 11.8. The highest BCUT2D eigenvalue weighted by molar-refractivity contribution is 5.94. The van der Waals surface area contributed by atoms with Crippen LogP contribution < -0.4 is 5.32 Å². The number of rotatable bonds is 7. The molecule has 0 amide bonds. The number of aliphatic hydroxyl groups is 1. The van der Waals surface area contributed by atoms with E-state index < -0.39 is 0 Å². The van der Waals surface area contributed by atoms with Gasteiger partial charge in [-0.3, -0.25) is 4.79 Å². The largest absolute Gasteiger partial charge is 0.392 e. The summed E-state index contributed by atoms with van der Waals surface area (Å²) in [6.07, 6.45) is 1.98. The summed E-state index contributed by atoms with van der Waals surface area (Å²) >= 11 is 0. The van der Waals surface area contributed by atoms with Crippen LogP contribution in [0.4, 0.5) is 0 Å². The first kappa shape index (κ1) is 13.9. The van der Waals surface area contributed by atoms with Crippen LogP contribution in [-0.4, -0.2) is 34.7 Å². The Kier molecular flexibility index (Phi) is 5.38. The topological polar surface area (TPSA) is 54.3 Å². The third kappa shape index (κ3) is 4.32. The predicted octanol–water partition coefficient (Wildman–Crippen LogP) is 1.20. The lowest BCUT2D eigenvalue weighted by Gasteiger charge is -2.14. The minimum Gasteiger partial charge on any atom is -0.392 e. The van der Waals surface area contributed by atoms with E-state index in [1.807, 2.05) is 43.8 Å². The molecule has 2 N–H and O–H groups in total. The summed E-state index contributed by atoms with van der Waals surface area (Å²) < 4.78 is 1.82. The fourth-order valence-corrected chi connectivity index (χ4v) is 1.57. The summed E-state index contributed by atoms with van der Waals surface area (Å²) in [5.74, 6) is 0.370. The van der Waals surface area contributed by atoms with Crippen molar-refractivity contribution in [2.75, 3.05) is 13.1 Å². The molecule has 1 aromatic heterocycles. The molecule has 0 spiro atoms. The highest BCUT2D eigenvalue weighted by Gasteiger charge is 2.10. The number of carbonyl (C=O) groups excluding carboxylic acids is 1. The number of hydrogen-bond acceptors (Lipinski definition) is 3. The van der Waals surface area contributed by atoms with Crippen LogP contribution in [0.3, 0.4) is 0 Å². The van der Waals surface area contributed by atoms with Gasteiger partial charge in [-0.05, 0) is 18.1 Å². The maximum atomic E-state index is 11.8. The predicted molar refractivity (Wildman–Crippen MR) is 68.1 cm³/mol. The molecule has 0 aromatic carbocycles. The molecule has 0 aliphatic heterocycles. The molecule has 4 heteroatoms. The van der Waals surface area contributed by atoms with Crippen molar-refractivity contribution in [3.05, 3.63) is 24.0 Å². The molecular weight excluding hydrogens is 216 g/mol. The third-order valence-corrected chi connectivity index (χ3v) is 2.88. The van der Waals surface area contributed by atoms with Gasteiger partial charge in [0.05, 0.1) is 11.8 Å². The Labute approximate surface area is 103 Å². The van der Waals surface area contributed by atoms with Gasteiger partial charge in [0, 0.05) is 32.8 Å². The zero-order valence-electron chi connectivity index (χ0n) is 10.8. The Morgan fingerprint density at radius 3 is 2.76 bits per heavy atom. The lowest BCUT2D eigenvalue weighted by Crippen LogP contribution is -2.31. The normalized spacial score (nSPS) is 13.0. The standard InChI is InChI=1S/C13H22N2O2/c1-10(2)13(17)9-14-7-6-12(16)11-5-4-8-15(11)3/h4-5,8,10,13-14,17H,6-7,9H2,1-3H3. The summed E-state index contributed by atoms with van der Waals surface area (Å²) in [5, 5.41) is 12.7. The average molecular weight is 238 g/mol. The molecule has 0 saturated carbocycles. The van der Waals surface area contributed by atoms with Crippen molar-refractivity contribution < 1.29 is 9.90 Å². The number of aryl methyl sites for hydroxylation is 1. The van der Waals surface area contributed by atoms with E-state index in [0.717, 1.165) is 5.69 Å². The quantitative estimate of drug-likeness (QED) is 0.554. The van der Waals surface area contributed by atoms with E-state index >= 15 is 0 Å². The molecule has 0 bridgehead atoms. The van der Waals surface area contributed by atoms with Crippen molar-refractivity contribution in [3.63, 3.8) is 0 Å². The zero-order chi connectivity index (χ0) is 12.8. The van der Waals surface area contributed by atoms with E-state index in [1.165, 1.54) is 0 Å². The SMILES string of the molecule is CC(C)C(O)CNCCC(=O)c1cccn1C. The van der Waals surface area contributed by atoms with Gasteiger partial charge in [0.15, 0.2) is 5.78 Å². The first-order valence-electron chi connectivity index (χ1n) is 6.05. The van der Waals surface area contributed by atoms with E-state index in [-0.39, 0.29) is 17.8 Å². The van der Waals surface area contributed by atoms with Crippen LogP contribution in [0.25, 0.3) is 0 Å². The van der Waals surface area contributed by atoms with Crippen molar-refractivity contribution in [1.82, 2.24) is 9.88 Å². The third-order valence-electron chi connectivity index (χ3n) is 2.88. The van der Waals surface area contributed by atoms with Gasteiger partial charge in [0.2, 0.25) is 0 Å². The molecule has 1 aromatic rings. The van der Waals surface area contributed by atoms with Crippen LogP contribution in [0.15, 0.2) is 18.3 Å². The number of aromatic nitrogens is 1. The number of ketones is 1. The number of nitrogens with zero attached hydrogens (tertiary/aromatic N) is 1. The molecule has 0 fully saturated rings. The minimum absolute atomic E-state index is 0.129. The molecule has 0 radical (unpaired) electrons. The van der Waals surface area contributed by atoms with Gasteiger partial charge in [0.25, 0.3) is 0 Å². The molecule has 1 heterocycles. The second kappa shape index (κ2) is 6.57. The maximum Gasteiger partial charge on any atom is 0.180 e. The number of carbonyl (C=O) groups is 1. The fourth-order valence-electron chi connectivity index (χ4n) is 1.57. The van der Waals surface area contributed by atoms with Crippen molar-refractivity contribution in [3.8, 4) is 0 Å². The fraction of sp³-hybridized carbons (Fsp3) is 0.615. The van der Waals surface area contributed by atoms with Gasteiger partial charge in [-0.25, -0.2) is 0 Å². The highest BCUT2D eigenvalue weighted by atomic mass is 16.3. The Hall–Kier alpha value is -1.13. The number of hydrogen-bond donors (Lipinski definition) is 2. The lowest BCUT2D eigenvalue weighted by atomic mass is 10.1. The van der Waals surface area contributed by atoms with E-state index in [1.54, 1.807) is 0 Å². The van der Waals surface area contributed by atoms with Crippen LogP contribution in [0.2, 0.25) is 0 Å². The minimum atomic E-state index is -0.347. The van der Waals surface area contributed by atoms with E-state index in [4.69, 9.17) is 0 Å². The second-order valence-electron chi connectivity index (χ2n) is 4.69. The van der Waals surface area contributed by atoms with E-state index in [0.29, 0.717) is 19.5 Å². The van der Waals surface area contributed by atoms with Crippen LogP contribution in [0, 0.1) is 5.92 Å². The van der Waals surface area contributed by atoms with Crippen molar-refractivity contribution >= 4 is 5.78 Å². The Balaban J connectivity index is 2.24. The van der Waals surface area contributed by atoms with Crippen LogP contribution in [0.1, 0.15) is 30.8 Å². The Bertz CT molecular complexity index is 358. The molecule has 96 valence electrons. The van der Waals surface area contributed by atoms with Crippen molar-refractivity contribution in [2.24, 2.45) is 13.0 Å². The molecule has 4 nitrogen and oxygen atoms in total. The average Bonchev–Trinajstić information content (AvgIpc) is 2.70. The Morgan fingerprint density at radius 1 is 1.53 bits per heavy atom. The summed E-state index contributed by atoms with van der Waals surface area (Å²) in [6.45, 7) is 5.09. The molecule has 1 rings (SSSR count). The summed E-state index contributed by atoms with van der Waals surface area (Å²) in [4.78, 5) is 11.8. The van der Waals surface area contributed by atoms with Gasteiger partial charge >= 0.3 is 0 Å². The van der Waals surface area contributed by atoms with Crippen LogP contribution >= 0.6 is 0 Å². The first-order chi connectivity index (χ1) is 8.02. The molecule has 0 aliphatic carbocycles. The molecule has 0 aliphatic rings. The van der Waals surface area contributed by atoms with Gasteiger partial charge in [-0.2, -0.15) is 0 Å². The van der Waals surface area contributed by atoms with Gasteiger partial charge in [-0.15, -0.1) is 0 Å². The highest BCUT2D eigenvalue weighted by Crippen LogP contribution is 2.03. The molecule has 0 saturated heterocycles. The first-order valence-corrected chi connectivity index (χ1v) is 6.05. The van der Waals surface area contributed by atoms with E-state index in [2.05, 4.69) is 5.32 Å². The van der Waals surface area contributed by atoms with Gasteiger partial charge < -0.3 is 15.0 Å². The summed E-state index contributed by atoms with van der Waals surface area (Å²) in [5.41, 5.74) is 0.733. The lowest BCUT2D eigenvalue weighted by molar-refractivity contribution is 0.0966. The number of aliphatic hydroxyl groups excluding tert-OH is 1. The van der Waals surface area contributed by atoms with Gasteiger partial charge in [-0.1, -0.05) is 13.8 Å². The number of nitrogens with one attached hydrogen (secondary N) is 1. The summed E-state index contributed by atoms with van der Waals surface area (Å²) in [6, 6.07) is 3.69. The monoisotopic (exact) mass is 238 g/mol. The van der Waals surface area contributed by atoms with Gasteiger partial charge in [0.1, 0.15) is 0 Å². The Morgan fingerprint density at radius 2 is 2.24 bits per heavy atom. The molecule has 1 atom stereocenters. The zero-order valence-corrected chi connectivity index (χ0v) is 10.8. The van der Waals surface area contributed by atoms with E-state index in [9.17, 15) is 9.90 Å². The molecule has 1 unspecified atom stereocenters.